The van der Waals surface area contributed by atoms with Crippen LogP contribution in [0.1, 0.15) is 96.3 Å². The van der Waals surface area contributed by atoms with Gasteiger partial charge in [0, 0.05) is 0 Å². The molecule has 0 amide bonds. The summed E-state index contributed by atoms with van der Waals surface area (Å²) >= 11 is -2.56. The van der Waals surface area contributed by atoms with Crippen LogP contribution in [-0.2, 0) is 0 Å². The van der Waals surface area contributed by atoms with Crippen LogP contribution in [0.4, 0.5) is 0 Å². The average molecular weight is 435 g/mol. The van der Waals surface area contributed by atoms with Crippen LogP contribution in [-0.4, -0.2) is 26.4 Å². The predicted octanol–water partition coefficient (Wildman–Crippen LogP) is 6.68. The molecule has 0 spiro atoms. The average Bonchev–Trinajstić information content (AvgIpc) is 3.20. The van der Waals surface area contributed by atoms with Gasteiger partial charge in [-0.05, 0) is 0 Å². The van der Waals surface area contributed by atoms with E-state index < -0.39 is 18.7 Å². The van der Waals surface area contributed by atoms with Gasteiger partial charge in [0.1, 0.15) is 0 Å². The zero-order valence-corrected chi connectivity index (χ0v) is 18.3. The van der Waals surface area contributed by atoms with Gasteiger partial charge in [0.15, 0.2) is 0 Å². The van der Waals surface area contributed by atoms with Crippen molar-refractivity contribution in [1.29, 1.82) is 0 Å². The standard InChI is InChI=1S/3C6H11.C3H3N2.Sn/c3*1-2-4-6-5-3-1;1-2-5-3-4-1;/h3*1H,2-6H2;1-3H;/q;;;-1;+1. The summed E-state index contributed by atoms with van der Waals surface area (Å²) in [5.74, 6) is 0. The summed E-state index contributed by atoms with van der Waals surface area (Å²) < 4.78 is 6.17. The van der Waals surface area contributed by atoms with Gasteiger partial charge in [-0.2, -0.15) is 0 Å². The summed E-state index contributed by atoms with van der Waals surface area (Å²) in [6.45, 7) is 0. The summed E-state index contributed by atoms with van der Waals surface area (Å²) in [6, 6.07) is 0. The summed E-state index contributed by atoms with van der Waals surface area (Å²) in [6.07, 6.45) is 29.7. The van der Waals surface area contributed by atoms with E-state index in [0.29, 0.717) is 0 Å². The first-order chi connectivity index (χ1) is 11.9. The number of hydrogen-bond acceptors (Lipinski definition) is 1. The fourth-order valence-electron chi connectivity index (χ4n) is 6.82. The molecule has 3 heteroatoms. The Morgan fingerprint density at radius 1 is 0.625 bits per heavy atom. The second-order valence-electron chi connectivity index (χ2n) is 8.86. The van der Waals surface area contributed by atoms with E-state index in [0.717, 1.165) is 11.8 Å². The van der Waals surface area contributed by atoms with Gasteiger partial charge in [-0.25, -0.2) is 0 Å². The Bertz CT molecular complexity index is 434. The summed E-state index contributed by atoms with van der Waals surface area (Å²) in [5, 5.41) is 0. The second kappa shape index (κ2) is 8.14. The van der Waals surface area contributed by atoms with Crippen LogP contribution in [0.5, 0.6) is 0 Å². The Kier molecular flexibility index (Phi) is 5.91. The summed E-state index contributed by atoms with van der Waals surface area (Å²) in [7, 11) is 0. The molecule has 134 valence electrons. The number of aromatic nitrogens is 2. The fraction of sp³-hybridized carbons (Fsp3) is 0.857. The molecule has 1 aromatic rings. The van der Waals surface area contributed by atoms with Crippen molar-refractivity contribution >= 4 is 18.7 Å². The minimum absolute atomic E-state index is 1.11. The maximum absolute atomic E-state index is 4.59. The minimum atomic E-state index is -2.56. The van der Waals surface area contributed by atoms with Crippen LogP contribution in [0.3, 0.4) is 0 Å². The van der Waals surface area contributed by atoms with Crippen molar-refractivity contribution in [1.82, 2.24) is 7.77 Å². The molecule has 3 aliphatic rings. The Balaban J connectivity index is 1.77. The third-order valence-corrected chi connectivity index (χ3v) is 27.2. The molecule has 4 rings (SSSR count). The molecule has 2 nitrogen and oxygen atoms in total. The molecule has 0 aromatic carbocycles. The third-order valence-electron chi connectivity index (χ3n) is 7.73. The zero-order valence-electron chi connectivity index (χ0n) is 15.5. The van der Waals surface area contributed by atoms with E-state index in [9.17, 15) is 0 Å². The van der Waals surface area contributed by atoms with Crippen molar-refractivity contribution in [2.45, 2.75) is 108 Å². The normalized spacial score (nSPS) is 25.8. The van der Waals surface area contributed by atoms with Crippen LogP contribution in [0.25, 0.3) is 0 Å². The van der Waals surface area contributed by atoms with Crippen molar-refractivity contribution in [3.8, 4) is 0 Å². The molecule has 0 atom stereocenters. The molecule has 24 heavy (non-hydrogen) atoms. The molecule has 0 N–H and O–H groups in total. The molecule has 3 fully saturated rings. The predicted molar refractivity (Wildman–Crippen MR) is 104 cm³/mol. The number of imidazole rings is 1. The van der Waals surface area contributed by atoms with Gasteiger partial charge in [0.2, 0.25) is 0 Å². The van der Waals surface area contributed by atoms with E-state index >= 15 is 0 Å². The number of rotatable bonds is 4. The van der Waals surface area contributed by atoms with Gasteiger partial charge >= 0.3 is 153 Å². The molecule has 3 aliphatic carbocycles. The molecule has 0 radical (unpaired) electrons. The van der Waals surface area contributed by atoms with E-state index in [1.165, 1.54) is 57.8 Å². The molecular weight excluding hydrogens is 399 g/mol. The Morgan fingerprint density at radius 3 is 1.38 bits per heavy atom. The Hall–Kier alpha value is 0.00870. The van der Waals surface area contributed by atoms with Gasteiger partial charge in [-0.3, -0.25) is 0 Å². The Morgan fingerprint density at radius 2 is 1.04 bits per heavy atom. The fourth-order valence-corrected chi connectivity index (χ4v) is 29.2. The first-order valence-electron chi connectivity index (χ1n) is 10.9. The first-order valence-corrected chi connectivity index (χ1v) is 17.1. The van der Waals surface area contributed by atoms with Crippen LogP contribution in [0, 0.1) is 0 Å². The molecule has 0 bridgehead atoms. The zero-order chi connectivity index (χ0) is 16.2. The molecule has 0 unspecified atom stereocenters. The summed E-state index contributed by atoms with van der Waals surface area (Å²) in [5.41, 5.74) is 0. The van der Waals surface area contributed by atoms with E-state index in [4.69, 9.17) is 0 Å². The van der Waals surface area contributed by atoms with Crippen LogP contribution < -0.4 is 0 Å². The van der Waals surface area contributed by atoms with Crippen LogP contribution in [0.2, 0.25) is 11.8 Å². The topological polar surface area (TPSA) is 17.8 Å². The molecule has 1 aromatic heterocycles. The monoisotopic (exact) mass is 436 g/mol. The third kappa shape index (κ3) is 3.21. The van der Waals surface area contributed by atoms with Crippen molar-refractivity contribution in [3.05, 3.63) is 18.7 Å². The van der Waals surface area contributed by atoms with E-state index in [1.807, 2.05) is 0 Å². The quantitative estimate of drug-likeness (QED) is 0.483. The molecule has 3 saturated carbocycles. The molecule has 1 heterocycles. The van der Waals surface area contributed by atoms with Gasteiger partial charge < -0.3 is 0 Å². The van der Waals surface area contributed by atoms with E-state index in [1.54, 1.807) is 38.5 Å². The summed E-state index contributed by atoms with van der Waals surface area (Å²) in [4.78, 5) is 4.59. The molecule has 0 saturated heterocycles. The second-order valence-corrected chi connectivity index (χ2v) is 22.4. The van der Waals surface area contributed by atoms with E-state index in [2.05, 4.69) is 26.5 Å². The van der Waals surface area contributed by atoms with Crippen LogP contribution >= 0.6 is 0 Å². The molecular formula is C21H36N2Sn. The van der Waals surface area contributed by atoms with Crippen molar-refractivity contribution in [2.24, 2.45) is 0 Å². The van der Waals surface area contributed by atoms with E-state index in [-0.39, 0.29) is 0 Å². The first kappa shape index (κ1) is 17.4. The Labute approximate surface area is 153 Å². The van der Waals surface area contributed by atoms with Gasteiger partial charge in [-0.15, -0.1) is 0 Å². The van der Waals surface area contributed by atoms with Crippen LogP contribution in [0.15, 0.2) is 18.7 Å². The van der Waals surface area contributed by atoms with Gasteiger partial charge in [-0.1, -0.05) is 0 Å². The van der Waals surface area contributed by atoms with Crippen molar-refractivity contribution < 1.29 is 0 Å². The van der Waals surface area contributed by atoms with Gasteiger partial charge in [0.05, 0.1) is 0 Å². The number of nitrogens with zero attached hydrogens (tertiary/aromatic N) is 2. The number of hydrogen-bond donors (Lipinski definition) is 0. The molecule has 0 aliphatic heterocycles. The van der Waals surface area contributed by atoms with Crippen molar-refractivity contribution in [3.63, 3.8) is 0 Å². The SMILES string of the molecule is c1c[n]([Sn]([CH]2CCCCC2)([CH]2CCCCC2)[CH]2CCCCC2)cn1. The van der Waals surface area contributed by atoms with Gasteiger partial charge in [0.25, 0.3) is 0 Å². The maximum atomic E-state index is 4.59. The van der Waals surface area contributed by atoms with Crippen molar-refractivity contribution in [2.75, 3.05) is 0 Å².